The van der Waals surface area contributed by atoms with Crippen LogP contribution in [-0.4, -0.2) is 30.9 Å². The Labute approximate surface area is 188 Å². The average Bonchev–Trinajstić information content (AvgIpc) is 2.92. The van der Waals surface area contributed by atoms with Gasteiger partial charge in [0, 0.05) is 23.9 Å². The number of benzene rings is 3. The Morgan fingerprint density at radius 1 is 1.00 bits per heavy atom. The standard InChI is InChI=1S/C26H26N4O2/c1-4-18-14-10-11-17(2)22(18)28-26(32)29-24-25(31)30(3)21-16-9-8-15-20(21)23(27-24)19-12-6-5-7-13-19/h5-16,24H,4H2,1-3H3,(H2,28,29,32)/t24-/m0/s1. The lowest BCUT2D eigenvalue weighted by Gasteiger charge is -2.21. The van der Waals surface area contributed by atoms with Gasteiger partial charge in [-0.3, -0.25) is 4.79 Å². The molecule has 1 atom stereocenters. The van der Waals surface area contributed by atoms with Crippen molar-refractivity contribution in [1.29, 1.82) is 0 Å². The molecule has 1 aliphatic rings. The van der Waals surface area contributed by atoms with Crippen molar-refractivity contribution in [2.24, 2.45) is 4.99 Å². The highest BCUT2D eigenvalue weighted by Gasteiger charge is 2.31. The van der Waals surface area contributed by atoms with Gasteiger partial charge in [0.15, 0.2) is 0 Å². The smallest absolute Gasteiger partial charge is 0.311 e. The van der Waals surface area contributed by atoms with E-state index in [1.165, 1.54) is 0 Å². The van der Waals surface area contributed by atoms with Crippen LogP contribution in [0.3, 0.4) is 0 Å². The van der Waals surface area contributed by atoms with Crippen LogP contribution >= 0.6 is 0 Å². The largest absolute Gasteiger partial charge is 0.321 e. The number of nitrogens with one attached hydrogen (secondary N) is 2. The molecule has 0 bridgehead atoms. The number of aliphatic imine (C=N–C) groups is 1. The molecule has 0 unspecified atom stereocenters. The van der Waals surface area contributed by atoms with Gasteiger partial charge < -0.3 is 15.5 Å². The molecule has 1 heterocycles. The third kappa shape index (κ3) is 4.12. The predicted molar refractivity (Wildman–Crippen MR) is 128 cm³/mol. The maximum atomic E-state index is 13.2. The van der Waals surface area contributed by atoms with Crippen LogP contribution in [-0.2, 0) is 11.2 Å². The van der Waals surface area contributed by atoms with Gasteiger partial charge in [-0.2, -0.15) is 0 Å². The normalized spacial score (nSPS) is 15.5. The number of rotatable bonds is 4. The fourth-order valence-corrected chi connectivity index (χ4v) is 3.92. The first-order valence-electron chi connectivity index (χ1n) is 10.7. The van der Waals surface area contributed by atoms with E-state index in [4.69, 9.17) is 4.99 Å². The lowest BCUT2D eigenvalue weighted by Crippen LogP contribution is -2.47. The Morgan fingerprint density at radius 2 is 1.72 bits per heavy atom. The van der Waals surface area contributed by atoms with Crippen LogP contribution in [0.25, 0.3) is 0 Å². The quantitative estimate of drug-likeness (QED) is 0.644. The van der Waals surface area contributed by atoms with Crippen LogP contribution in [0.15, 0.2) is 77.8 Å². The van der Waals surface area contributed by atoms with E-state index in [-0.39, 0.29) is 5.91 Å². The van der Waals surface area contributed by atoms with Crippen LogP contribution < -0.4 is 15.5 Å². The number of aryl methyl sites for hydroxylation is 2. The van der Waals surface area contributed by atoms with Crippen molar-refractivity contribution in [3.63, 3.8) is 0 Å². The molecule has 0 aromatic heterocycles. The van der Waals surface area contributed by atoms with E-state index in [0.717, 1.165) is 40.0 Å². The summed E-state index contributed by atoms with van der Waals surface area (Å²) < 4.78 is 0. The maximum Gasteiger partial charge on any atom is 0.321 e. The summed E-state index contributed by atoms with van der Waals surface area (Å²) in [6, 6.07) is 22.7. The Balaban J connectivity index is 1.69. The Kier molecular flexibility index (Phi) is 6.03. The predicted octanol–water partition coefficient (Wildman–Crippen LogP) is 4.52. The second-order valence-electron chi connectivity index (χ2n) is 7.72. The van der Waals surface area contributed by atoms with Crippen LogP contribution in [0.5, 0.6) is 0 Å². The lowest BCUT2D eigenvalue weighted by atomic mass is 10.0. The summed E-state index contributed by atoms with van der Waals surface area (Å²) in [7, 11) is 1.70. The molecule has 0 radical (unpaired) electrons. The van der Waals surface area contributed by atoms with E-state index in [9.17, 15) is 9.59 Å². The molecule has 162 valence electrons. The third-order valence-electron chi connectivity index (χ3n) is 5.64. The van der Waals surface area contributed by atoms with Crippen LogP contribution in [0.2, 0.25) is 0 Å². The molecule has 6 heteroatoms. The first kappa shape index (κ1) is 21.3. The van der Waals surface area contributed by atoms with Gasteiger partial charge in [0.05, 0.1) is 11.4 Å². The number of carbonyl (C=O) groups excluding carboxylic acids is 2. The Bertz CT molecular complexity index is 1190. The fourth-order valence-electron chi connectivity index (χ4n) is 3.92. The molecule has 3 amide bonds. The lowest BCUT2D eigenvalue weighted by molar-refractivity contribution is -0.119. The van der Waals surface area contributed by atoms with E-state index in [2.05, 4.69) is 10.6 Å². The number of hydrogen-bond donors (Lipinski definition) is 2. The minimum absolute atomic E-state index is 0.306. The van der Waals surface area contributed by atoms with Crippen molar-refractivity contribution in [2.75, 3.05) is 17.3 Å². The van der Waals surface area contributed by atoms with E-state index >= 15 is 0 Å². The molecule has 3 aromatic carbocycles. The molecule has 4 rings (SSSR count). The van der Waals surface area contributed by atoms with Gasteiger partial charge in [-0.25, -0.2) is 9.79 Å². The van der Waals surface area contributed by atoms with Gasteiger partial charge in [-0.15, -0.1) is 0 Å². The number of fused-ring (bicyclic) bond motifs is 1. The van der Waals surface area contributed by atoms with Crippen molar-refractivity contribution >= 4 is 29.0 Å². The zero-order valence-corrected chi connectivity index (χ0v) is 18.4. The highest BCUT2D eigenvalue weighted by atomic mass is 16.2. The molecule has 0 spiro atoms. The summed E-state index contributed by atoms with van der Waals surface area (Å²) in [6.45, 7) is 3.98. The molecule has 3 aromatic rings. The molecule has 6 nitrogen and oxygen atoms in total. The van der Waals surface area contributed by atoms with E-state index in [1.54, 1.807) is 11.9 Å². The van der Waals surface area contributed by atoms with Gasteiger partial charge >= 0.3 is 6.03 Å². The minimum atomic E-state index is -1.06. The summed E-state index contributed by atoms with van der Waals surface area (Å²) >= 11 is 0. The molecular formula is C26H26N4O2. The SMILES string of the molecule is CCc1cccc(C)c1NC(=O)N[C@@H]1N=C(c2ccccc2)c2ccccc2N(C)C1=O. The van der Waals surface area contributed by atoms with Crippen LogP contribution in [0.1, 0.15) is 29.2 Å². The zero-order chi connectivity index (χ0) is 22.7. The number of carbonyl (C=O) groups is 2. The summed E-state index contributed by atoms with van der Waals surface area (Å²) in [5.74, 6) is -0.306. The molecule has 2 N–H and O–H groups in total. The van der Waals surface area contributed by atoms with E-state index < -0.39 is 12.2 Å². The van der Waals surface area contributed by atoms with Gasteiger partial charge in [-0.05, 0) is 30.5 Å². The maximum absolute atomic E-state index is 13.2. The fraction of sp³-hybridized carbons (Fsp3) is 0.192. The summed E-state index contributed by atoms with van der Waals surface area (Å²) in [5, 5.41) is 5.69. The van der Waals surface area contributed by atoms with Gasteiger partial charge in [0.2, 0.25) is 6.17 Å². The molecule has 0 fully saturated rings. The van der Waals surface area contributed by atoms with Crippen molar-refractivity contribution in [1.82, 2.24) is 5.32 Å². The van der Waals surface area contributed by atoms with Gasteiger partial charge in [0.25, 0.3) is 5.91 Å². The number of amides is 3. The van der Waals surface area contributed by atoms with E-state index in [1.807, 2.05) is 86.6 Å². The van der Waals surface area contributed by atoms with Crippen molar-refractivity contribution in [3.8, 4) is 0 Å². The number of urea groups is 1. The summed E-state index contributed by atoms with van der Waals surface area (Å²) in [6.07, 6.45) is -0.273. The first-order valence-corrected chi connectivity index (χ1v) is 10.7. The first-order chi connectivity index (χ1) is 15.5. The number of para-hydroxylation sites is 2. The number of anilines is 2. The number of nitrogens with zero attached hydrogens (tertiary/aromatic N) is 2. The zero-order valence-electron chi connectivity index (χ0n) is 18.4. The summed E-state index contributed by atoms with van der Waals surface area (Å²) in [5.41, 5.74) is 5.88. The Hall–Kier alpha value is -3.93. The van der Waals surface area contributed by atoms with Crippen molar-refractivity contribution < 1.29 is 9.59 Å². The monoisotopic (exact) mass is 426 g/mol. The van der Waals surface area contributed by atoms with Crippen LogP contribution in [0, 0.1) is 6.92 Å². The topological polar surface area (TPSA) is 73.8 Å². The third-order valence-corrected chi connectivity index (χ3v) is 5.64. The number of hydrogen-bond acceptors (Lipinski definition) is 3. The van der Waals surface area contributed by atoms with E-state index in [0.29, 0.717) is 5.71 Å². The molecule has 0 saturated heterocycles. The van der Waals surface area contributed by atoms with Crippen molar-refractivity contribution in [2.45, 2.75) is 26.4 Å². The molecule has 32 heavy (non-hydrogen) atoms. The molecule has 0 saturated carbocycles. The molecule has 1 aliphatic heterocycles. The highest BCUT2D eigenvalue weighted by Crippen LogP contribution is 2.27. The van der Waals surface area contributed by atoms with Crippen LogP contribution in [0.4, 0.5) is 16.2 Å². The highest BCUT2D eigenvalue weighted by molar-refractivity contribution is 6.20. The second-order valence-corrected chi connectivity index (χ2v) is 7.72. The number of likely N-dealkylation sites (N-methyl/N-ethyl adjacent to an activating group) is 1. The average molecular weight is 427 g/mol. The molecule has 0 aliphatic carbocycles. The van der Waals surface area contributed by atoms with Gasteiger partial charge in [0.1, 0.15) is 0 Å². The van der Waals surface area contributed by atoms with Crippen molar-refractivity contribution in [3.05, 3.63) is 95.1 Å². The number of benzodiazepines with no additional fused rings is 1. The van der Waals surface area contributed by atoms with Gasteiger partial charge in [-0.1, -0.05) is 73.7 Å². The molecular weight excluding hydrogens is 400 g/mol. The second kappa shape index (κ2) is 9.06. The minimum Gasteiger partial charge on any atom is -0.311 e. The summed E-state index contributed by atoms with van der Waals surface area (Å²) in [4.78, 5) is 32.4. The Morgan fingerprint density at radius 3 is 2.47 bits per heavy atom.